The Hall–Kier alpha value is -1.90. The number of rotatable bonds is 15. The molecule has 0 aliphatic carbocycles. The number of carbonyl (C=O) groups is 2. The molecule has 0 radical (unpaired) electrons. The van der Waals surface area contributed by atoms with E-state index in [1.54, 1.807) is 13.8 Å². The summed E-state index contributed by atoms with van der Waals surface area (Å²) in [6.45, 7) is 8.84. The van der Waals surface area contributed by atoms with Gasteiger partial charge in [0.1, 0.15) is 0 Å². The molecule has 0 heterocycles. The minimum atomic E-state index is -1.19. The van der Waals surface area contributed by atoms with Gasteiger partial charge >= 0.3 is 5.97 Å². The van der Waals surface area contributed by atoms with Crippen molar-refractivity contribution in [3.8, 4) is 0 Å². The van der Waals surface area contributed by atoms with Crippen LogP contribution in [0.1, 0.15) is 101 Å². The van der Waals surface area contributed by atoms with E-state index in [4.69, 9.17) is 4.74 Å². The largest absolute Gasteiger partial charge is 0.448 e. The molecule has 0 aromatic heterocycles. The molecule has 28 heavy (non-hydrogen) atoms. The average molecular weight is 387 g/mol. The highest BCUT2D eigenvalue weighted by molar-refractivity contribution is 6.03. The van der Waals surface area contributed by atoms with Crippen LogP contribution in [0.25, 0.3) is 0 Å². The zero-order chi connectivity index (χ0) is 20.8. The van der Waals surface area contributed by atoms with Gasteiger partial charge in [-0.1, -0.05) is 95.6 Å². The quantitative estimate of drug-likeness (QED) is 0.143. The van der Waals surface area contributed by atoms with Gasteiger partial charge in [-0.05, 0) is 32.3 Å². The zero-order valence-corrected chi connectivity index (χ0v) is 18.1. The number of aryl methyl sites for hydroxylation is 1. The van der Waals surface area contributed by atoms with Gasteiger partial charge in [0, 0.05) is 11.6 Å². The molecule has 0 atom stereocenters. The Morgan fingerprint density at radius 1 is 0.893 bits per heavy atom. The van der Waals surface area contributed by atoms with Crippen molar-refractivity contribution in [2.45, 2.75) is 97.0 Å². The molecular formula is C25H38O3. The highest BCUT2D eigenvalue weighted by atomic mass is 16.6. The lowest BCUT2D eigenvalue weighted by Gasteiger charge is -2.23. The van der Waals surface area contributed by atoms with E-state index in [0.29, 0.717) is 5.56 Å². The van der Waals surface area contributed by atoms with Gasteiger partial charge in [0.05, 0.1) is 0 Å². The van der Waals surface area contributed by atoms with Gasteiger partial charge in [-0.3, -0.25) is 4.79 Å². The highest BCUT2D eigenvalue weighted by Crippen LogP contribution is 2.19. The maximum Gasteiger partial charge on any atom is 0.331 e. The summed E-state index contributed by atoms with van der Waals surface area (Å²) in [6.07, 6.45) is 15.4. The Labute approximate surface area is 171 Å². The summed E-state index contributed by atoms with van der Waals surface area (Å²) >= 11 is 0. The van der Waals surface area contributed by atoms with E-state index in [1.165, 1.54) is 69.8 Å². The standard InChI is InChI=1S/C25H38O3/c1-5-7-8-9-10-11-12-13-14-15-16-21-17-19-22(20-18-21)24(27)25(3,4)28-23(26)6-2/h6,17-20H,2,5,7-16H2,1,3-4H3. The highest BCUT2D eigenvalue weighted by Gasteiger charge is 2.32. The van der Waals surface area contributed by atoms with E-state index >= 15 is 0 Å². The molecular weight excluding hydrogens is 348 g/mol. The molecule has 1 aromatic carbocycles. The lowest BCUT2D eigenvalue weighted by molar-refractivity contribution is -0.146. The summed E-state index contributed by atoms with van der Waals surface area (Å²) in [5, 5.41) is 0. The van der Waals surface area contributed by atoms with Crippen molar-refractivity contribution in [3.05, 3.63) is 48.0 Å². The molecule has 3 nitrogen and oxygen atoms in total. The molecule has 0 fully saturated rings. The number of hydrogen-bond acceptors (Lipinski definition) is 3. The van der Waals surface area contributed by atoms with Crippen molar-refractivity contribution in [3.63, 3.8) is 0 Å². The molecule has 1 rings (SSSR count). The number of hydrogen-bond donors (Lipinski definition) is 0. The number of esters is 1. The molecule has 0 N–H and O–H groups in total. The van der Waals surface area contributed by atoms with Gasteiger partial charge in [0.25, 0.3) is 0 Å². The number of ether oxygens (including phenoxy) is 1. The smallest absolute Gasteiger partial charge is 0.331 e. The van der Waals surface area contributed by atoms with E-state index in [0.717, 1.165) is 12.5 Å². The van der Waals surface area contributed by atoms with Crippen LogP contribution in [0.2, 0.25) is 0 Å². The summed E-state index contributed by atoms with van der Waals surface area (Å²) < 4.78 is 5.17. The van der Waals surface area contributed by atoms with Crippen LogP contribution >= 0.6 is 0 Å². The third-order valence-electron chi connectivity index (χ3n) is 5.10. The minimum Gasteiger partial charge on any atom is -0.448 e. The SMILES string of the molecule is C=CC(=O)OC(C)(C)C(=O)c1ccc(CCCCCCCCCCCC)cc1. The number of unbranched alkanes of at least 4 members (excludes halogenated alkanes) is 9. The second-order valence-corrected chi connectivity index (χ2v) is 8.09. The predicted molar refractivity (Wildman–Crippen MR) is 117 cm³/mol. The van der Waals surface area contributed by atoms with Crippen LogP contribution in [0.5, 0.6) is 0 Å². The maximum atomic E-state index is 12.6. The van der Waals surface area contributed by atoms with Crippen LogP contribution in [0.15, 0.2) is 36.9 Å². The van der Waals surface area contributed by atoms with Crippen molar-refractivity contribution in [1.82, 2.24) is 0 Å². The first-order valence-corrected chi connectivity index (χ1v) is 10.9. The second-order valence-electron chi connectivity index (χ2n) is 8.09. The monoisotopic (exact) mass is 386 g/mol. The molecule has 1 aromatic rings. The molecule has 156 valence electrons. The van der Waals surface area contributed by atoms with Crippen LogP contribution in [-0.4, -0.2) is 17.4 Å². The normalized spacial score (nSPS) is 11.2. The van der Waals surface area contributed by atoms with E-state index < -0.39 is 11.6 Å². The first-order chi connectivity index (χ1) is 13.4. The topological polar surface area (TPSA) is 43.4 Å². The van der Waals surface area contributed by atoms with Gasteiger partial charge < -0.3 is 4.74 Å². The predicted octanol–water partition coefficient (Wildman–Crippen LogP) is 6.84. The lowest BCUT2D eigenvalue weighted by atomic mass is 9.95. The van der Waals surface area contributed by atoms with Crippen LogP contribution in [-0.2, 0) is 16.0 Å². The van der Waals surface area contributed by atoms with Crippen molar-refractivity contribution < 1.29 is 14.3 Å². The molecule has 0 aliphatic heterocycles. The van der Waals surface area contributed by atoms with Crippen molar-refractivity contribution in [2.75, 3.05) is 0 Å². The summed E-state index contributed by atoms with van der Waals surface area (Å²) in [7, 11) is 0. The van der Waals surface area contributed by atoms with E-state index in [1.807, 2.05) is 24.3 Å². The van der Waals surface area contributed by atoms with Gasteiger partial charge in [0.15, 0.2) is 5.60 Å². The summed E-state index contributed by atoms with van der Waals surface area (Å²) in [5.74, 6) is -0.788. The second kappa shape index (κ2) is 13.3. The minimum absolute atomic E-state index is 0.201. The van der Waals surface area contributed by atoms with Gasteiger partial charge in [0.2, 0.25) is 5.78 Å². The maximum absolute atomic E-state index is 12.6. The van der Waals surface area contributed by atoms with Gasteiger partial charge in [-0.2, -0.15) is 0 Å². The summed E-state index contributed by atoms with van der Waals surface area (Å²) in [6, 6.07) is 7.67. The molecule has 0 saturated carbocycles. The fraction of sp³-hybridized carbons (Fsp3) is 0.600. The Bertz CT molecular complexity index is 599. The van der Waals surface area contributed by atoms with Crippen molar-refractivity contribution in [2.24, 2.45) is 0 Å². The Morgan fingerprint density at radius 3 is 1.89 bits per heavy atom. The Morgan fingerprint density at radius 2 is 1.39 bits per heavy atom. The molecule has 0 amide bonds. The Balaban J connectivity index is 2.28. The first kappa shape index (κ1) is 24.1. The molecule has 3 heteroatoms. The third-order valence-corrected chi connectivity index (χ3v) is 5.10. The van der Waals surface area contributed by atoms with Crippen LogP contribution in [0, 0.1) is 0 Å². The van der Waals surface area contributed by atoms with Crippen molar-refractivity contribution in [1.29, 1.82) is 0 Å². The average Bonchev–Trinajstić information content (AvgIpc) is 2.69. The van der Waals surface area contributed by atoms with E-state index in [-0.39, 0.29) is 5.78 Å². The molecule has 0 unspecified atom stereocenters. The molecule has 0 bridgehead atoms. The van der Waals surface area contributed by atoms with Gasteiger partial charge in [-0.25, -0.2) is 4.79 Å². The zero-order valence-electron chi connectivity index (χ0n) is 18.1. The van der Waals surface area contributed by atoms with Crippen LogP contribution in [0.4, 0.5) is 0 Å². The van der Waals surface area contributed by atoms with Crippen LogP contribution in [0.3, 0.4) is 0 Å². The summed E-state index contributed by atoms with van der Waals surface area (Å²) in [5.41, 5.74) is 0.620. The van der Waals surface area contributed by atoms with Crippen LogP contribution < -0.4 is 0 Å². The number of ketones is 1. The van der Waals surface area contributed by atoms with Gasteiger partial charge in [-0.15, -0.1) is 0 Å². The molecule has 0 aliphatic rings. The van der Waals surface area contributed by atoms with Crippen molar-refractivity contribution >= 4 is 11.8 Å². The molecule has 0 saturated heterocycles. The lowest BCUT2D eigenvalue weighted by Crippen LogP contribution is -2.36. The number of Topliss-reactive ketones (excluding diaryl/α,β-unsaturated/α-hetero) is 1. The number of benzene rings is 1. The van der Waals surface area contributed by atoms with E-state index in [9.17, 15) is 9.59 Å². The summed E-state index contributed by atoms with van der Waals surface area (Å²) in [4.78, 5) is 24.0. The Kier molecular flexibility index (Phi) is 11.5. The van der Waals surface area contributed by atoms with E-state index in [2.05, 4.69) is 13.5 Å². The first-order valence-electron chi connectivity index (χ1n) is 10.9. The molecule has 0 spiro atoms. The fourth-order valence-corrected chi connectivity index (χ4v) is 3.33. The fourth-order valence-electron chi connectivity index (χ4n) is 3.33. The number of carbonyl (C=O) groups excluding carboxylic acids is 2. The third kappa shape index (κ3) is 9.34.